The topological polar surface area (TPSA) is 103 Å². The molecule has 2 heterocycles. The third kappa shape index (κ3) is 3.04. The first-order chi connectivity index (χ1) is 12.5. The highest BCUT2D eigenvalue weighted by Crippen LogP contribution is 2.47. The van der Waals surface area contributed by atoms with Crippen molar-refractivity contribution >= 4 is 5.69 Å². The molecule has 0 radical (unpaired) electrons. The number of pyridine rings is 1. The molecule has 3 rings (SSSR count). The Bertz CT molecular complexity index is 928. The minimum atomic E-state index is -0.202. The standard InChI is InChI=1S/C20H22N4O2/c1-5-26-20-17(18(22)11(2)10-23-20)16(19-12(3)24-19)14-7-6-13(9-21)8-15(14)25-4/h6-8,10,16,24H,5H2,1-4H3,(H2,22,23). The van der Waals surface area contributed by atoms with Crippen LogP contribution in [0.5, 0.6) is 11.6 Å². The second-order valence-corrected chi connectivity index (χ2v) is 6.17. The minimum Gasteiger partial charge on any atom is -0.496 e. The molecule has 2 aromatic rings. The number of nitrogens with two attached hydrogens (primary N) is 1. The maximum Gasteiger partial charge on any atom is 0.219 e. The van der Waals surface area contributed by atoms with E-state index in [9.17, 15) is 5.26 Å². The van der Waals surface area contributed by atoms with Gasteiger partial charge in [-0.3, -0.25) is 0 Å². The number of benzene rings is 1. The fourth-order valence-corrected chi connectivity index (χ4v) is 3.09. The maximum absolute atomic E-state index is 9.19. The molecule has 1 atom stereocenters. The van der Waals surface area contributed by atoms with Crippen molar-refractivity contribution in [2.24, 2.45) is 0 Å². The summed E-state index contributed by atoms with van der Waals surface area (Å²) in [5, 5.41) is 12.5. The molecule has 1 unspecified atom stereocenters. The van der Waals surface area contributed by atoms with Gasteiger partial charge in [0.25, 0.3) is 0 Å². The number of methoxy groups -OCH3 is 1. The smallest absolute Gasteiger partial charge is 0.219 e. The van der Waals surface area contributed by atoms with Crippen LogP contribution in [0.4, 0.5) is 5.69 Å². The summed E-state index contributed by atoms with van der Waals surface area (Å²) in [6, 6.07) is 7.56. The molecule has 1 aliphatic rings. The van der Waals surface area contributed by atoms with Gasteiger partial charge in [0.15, 0.2) is 0 Å². The van der Waals surface area contributed by atoms with E-state index < -0.39 is 0 Å². The van der Waals surface area contributed by atoms with Crippen molar-refractivity contribution in [1.82, 2.24) is 10.3 Å². The van der Waals surface area contributed by atoms with Crippen LogP contribution in [0.15, 0.2) is 35.8 Å². The average molecular weight is 350 g/mol. The van der Waals surface area contributed by atoms with Gasteiger partial charge in [-0.2, -0.15) is 5.26 Å². The number of anilines is 1. The van der Waals surface area contributed by atoms with E-state index in [1.807, 2.05) is 26.8 Å². The first kappa shape index (κ1) is 17.6. The third-order valence-electron chi connectivity index (χ3n) is 4.52. The molecule has 1 aromatic carbocycles. The van der Waals surface area contributed by atoms with E-state index in [1.165, 1.54) is 0 Å². The van der Waals surface area contributed by atoms with Gasteiger partial charge >= 0.3 is 0 Å². The second kappa shape index (κ2) is 6.96. The fraction of sp³-hybridized carbons (Fsp3) is 0.300. The van der Waals surface area contributed by atoms with Crippen LogP contribution in [0.25, 0.3) is 0 Å². The van der Waals surface area contributed by atoms with Crippen LogP contribution in [0, 0.1) is 18.3 Å². The molecular formula is C20H22N4O2. The summed E-state index contributed by atoms with van der Waals surface area (Å²) in [5.74, 6) is 0.944. The molecule has 0 saturated carbocycles. The van der Waals surface area contributed by atoms with Gasteiger partial charge in [-0.15, -0.1) is 0 Å². The lowest BCUT2D eigenvalue weighted by Gasteiger charge is -2.22. The van der Waals surface area contributed by atoms with Crippen LogP contribution in [0.2, 0.25) is 0 Å². The van der Waals surface area contributed by atoms with Crippen LogP contribution in [0.1, 0.15) is 42.0 Å². The lowest BCUT2D eigenvalue weighted by atomic mass is 9.87. The van der Waals surface area contributed by atoms with Crippen molar-refractivity contribution in [2.45, 2.75) is 26.7 Å². The molecule has 0 aliphatic carbocycles. The number of aromatic nitrogens is 1. The number of hydrogen-bond acceptors (Lipinski definition) is 6. The van der Waals surface area contributed by atoms with Crippen molar-refractivity contribution < 1.29 is 9.47 Å². The van der Waals surface area contributed by atoms with E-state index >= 15 is 0 Å². The molecule has 0 spiro atoms. The summed E-state index contributed by atoms with van der Waals surface area (Å²) in [7, 11) is 1.60. The summed E-state index contributed by atoms with van der Waals surface area (Å²) in [6.07, 6.45) is 1.72. The van der Waals surface area contributed by atoms with E-state index in [0.717, 1.165) is 28.1 Å². The van der Waals surface area contributed by atoms with Gasteiger partial charge in [-0.25, -0.2) is 4.98 Å². The van der Waals surface area contributed by atoms with Crippen LogP contribution in [-0.4, -0.2) is 18.7 Å². The summed E-state index contributed by atoms with van der Waals surface area (Å²) >= 11 is 0. The molecule has 0 bridgehead atoms. The number of aryl methyl sites for hydroxylation is 1. The first-order valence-corrected chi connectivity index (χ1v) is 8.45. The van der Waals surface area contributed by atoms with Crippen LogP contribution >= 0.6 is 0 Å². The number of allylic oxidation sites excluding steroid dienone is 2. The van der Waals surface area contributed by atoms with Crippen molar-refractivity contribution in [3.05, 3.63) is 58.0 Å². The molecule has 134 valence electrons. The van der Waals surface area contributed by atoms with Gasteiger partial charge in [0.1, 0.15) is 5.75 Å². The molecule has 1 aliphatic heterocycles. The van der Waals surface area contributed by atoms with E-state index in [-0.39, 0.29) is 5.92 Å². The molecule has 1 aromatic heterocycles. The Kier molecular flexibility index (Phi) is 4.72. The lowest BCUT2D eigenvalue weighted by molar-refractivity contribution is 0.322. The monoisotopic (exact) mass is 350 g/mol. The normalized spacial score (nSPS) is 13.7. The van der Waals surface area contributed by atoms with Crippen molar-refractivity contribution in [3.63, 3.8) is 0 Å². The van der Waals surface area contributed by atoms with Crippen molar-refractivity contribution in [2.75, 3.05) is 19.5 Å². The van der Waals surface area contributed by atoms with E-state index in [0.29, 0.717) is 29.5 Å². The Labute approximate surface area is 153 Å². The first-order valence-electron chi connectivity index (χ1n) is 8.45. The Morgan fingerprint density at radius 2 is 2.08 bits per heavy atom. The van der Waals surface area contributed by atoms with Crippen LogP contribution < -0.4 is 20.5 Å². The largest absolute Gasteiger partial charge is 0.496 e. The number of hydrogen-bond donors (Lipinski definition) is 2. The molecule has 0 saturated heterocycles. The van der Waals surface area contributed by atoms with Crippen LogP contribution in [-0.2, 0) is 0 Å². The summed E-state index contributed by atoms with van der Waals surface area (Å²) in [5.41, 5.74) is 12.4. The number of ether oxygens (including phenoxy) is 2. The van der Waals surface area contributed by atoms with Crippen molar-refractivity contribution in [1.29, 1.82) is 5.26 Å². The highest BCUT2D eigenvalue weighted by atomic mass is 16.5. The Morgan fingerprint density at radius 1 is 1.35 bits per heavy atom. The SMILES string of the molecule is CCOc1ncc(C)c(N)c1C(C1=C(C)N1)c1ccc(C#N)cc1OC. The van der Waals surface area contributed by atoms with Gasteiger partial charge in [-0.1, -0.05) is 6.07 Å². The number of nitrogen functional groups attached to an aromatic ring is 1. The van der Waals surface area contributed by atoms with E-state index in [2.05, 4.69) is 16.4 Å². The van der Waals surface area contributed by atoms with Gasteiger partial charge in [-0.05, 0) is 38.5 Å². The van der Waals surface area contributed by atoms with Gasteiger partial charge in [0, 0.05) is 28.8 Å². The second-order valence-electron chi connectivity index (χ2n) is 6.17. The molecule has 6 heteroatoms. The molecule has 0 fully saturated rings. The van der Waals surface area contributed by atoms with Gasteiger partial charge in [0.05, 0.1) is 36.8 Å². The highest BCUT2D eigenvalue weighted by Gasteiger charge is 2.35. The van der Waals surface area contributed by atoms with E-state index in [1.54, 1.807) is 25.4 Å². The number of nitriles is 1. The van der Waals surface area contributed by atoms with E-state index in [4.69, 9.17) is 15.2 Å². The summed E-state index contributed by atoms with van der Waals surface area (Å²) in [4.78, 5) is 4.45. The zero-order valence-electron chi connectivity index (χ0n) is 15.4. The van der Waals surface area contributed by atoms with Gasteiger partial charge in [0.2, 0.25) is 5.88 Å². The summed E-state index contributed by atoms with van der Waals surface area (Å²) < 4.78 is 11.3. The fourth-order valence-electron chi connectivity index (χ4n) is 3.09. The number of nitrogens with zero attached hydrogens (tertiary/aromatic N) is 2. The molecule has 0 amide bonds. The third-order valence-corrected chi connectivity index (χ3v) is 4.52. The number of rotatable bonds is 6. The van der Waals surface area contributed by atoms with Crippen LogP contribution in [0.3, 0.4) is 0 Å². The lowest BCUT2D eigenvalue weighted by Crippen LogP contribution is -2.13. The molecule has 26 heavy (non-hydrogen) atoms. The van der Waals surface area contributed by atoms with Gasteiger partial charge < -0.3 is 20.5 Å². The van der Waals surface area contributed by atoms with Crippen molar-refractivity contribution in [3.8, 4) is 17.7 Å². The maximum atomic E-state index is 9.19. The Morgan fingerprint density at radius 3 is 2.65 bits per heavy atom. The Balaban J connectivity index is 2.25. The molecule has 3 N–H and O–H groups in total. The predicted molar refractivity (Wildman–Crippen MR) is 99.9 cm³/mol. The highest BCUT2D eigenvalue weighted by molar-refractivity contribution is 5.66. The minimum absolute atomic E-state index is 0.202. The zero-order valence-corrected chi connectivity index (χ0v) is 15.4. The average Bonchev–Trinajstić information content (AvgIpc) is 3.37. The summed E-state index contributed by atoms with van der Waals surface area (Å²) in [6.45, 7) is 6.35. The Hall–Kier alpha value is -3.20. The number of nitrogens with one attached hydrogen (secondary N) is 1. The predicted octanol–water partition coefficient (Wildman–Crippen LogP) is 3.22. The molecular weight excluding hydrogens is 328 g/mol. The zero-order chi connectivity index (χ0) is 18.8. The molecule has 6 nitrogen and oxygen atoms in total. The quantitative estimate of drug-likeness (QED) is 0.829.